The van der Waals surface area contributed by atoms with E-state index in [2.05, 4.69) is 65.6 Å². The third kappa shape index (κ3) is 6.14. The second kappa shape index (κ2) is 10.8. The number of hydrogen-bond donors (Lipinski definition) is 2. The van der Waals surface area contributed by atoms with E-state index in [9.17, 15) is 4.79 Å². The Morgan fingerprint density at radius 1 is 1.00 bits per heavy atom. The van der Waals surface area contributed by atoms with Gasteiger partial charge in [-0.2, -0.15) is 0 Å². The predicted molar refractivity (Wildman–Crippen MR) is 152 cm³/mol. The van der Waals surface area contributed by atoms with Gasteiger partial charge in [-0.3, -0.25) is 9.69 Å². The number of carbonyl (C=O) groups excluding carboxylic acids is 1. The van der Waals surface area contributed by atoms with Crippen LogP contribution in [0.2, 0.25) is 0 Å². The topological polar surface area (TPSA) is 84.3 Å². The van der Waals surface area contributed by atoms with Crippen molar-refractivity contribution in [2.24, 2.45) is 7.05 Å². The quantitative estimate of drug-likeness (QED) is 0.306. The van der Waals surface area contributed by atoms with Gasteiger partial charge in [-0.1, -0.05) is 39.3 Å². The number of nitrogens with one attached hydrogen (secondary N) is 2. The van der Waals surface area contributed by atoms with Crippen LogP contribution < -0.4 is 15.4 Å². The Kier molecular flexibility index (Phi) is 7.33. The lowest BCUT2D eigenvalue weighted by Crippen LogP contribution is -2.36. The summed E-state index contributed by atoms with van der Waals surface area (Å²) >= 11 is 0. The van der Waals surface area contributed by atoms with Crippen LogP contribution in [0.5, 0.6) is 11.5 Å². The van der Waals surface area contributed by atoms with Crippen LogP contribution in [-0.2, 0) is 17.3 Å². The maximum Gasteiger partial charge on any atom is 0.239 e. The summed E-state index contributed by atoms with van der Waals surface area (Å²) in [5.41, 5.74) is 4.14. The zero-order valence-corrected chi connectivity index (χ0v) is 22.6. The third-order valence-corrected chi connectivity index (χ3v) is 6.89. The number of rotatable bonds is 7. The zero-order chi connectivity index (χ0) is 26.7. The number of anilines is 3. The van der Waals surface area contributed by atoms with Crippen LogP contribution in [0.1, 0.15) is 45.6 Å². The summed E-state index contributed by atoms with van der Waals surface area (Å²) in [6, 6.07) is 17.8. The SMILES string of the molecule is Cn1c(Nc2cccc(C(C)(C)C)c2)nc2cc(Oc3ccnc(NC(=O)CN4CCCCC4)c3)ccc21. The van der Waals surface area contributed by atoms with Gasteiger partial charge in [0.2, 0.25) is 11.9 Å². The molecule has 0 bridgehead atoms. The van der Waals surface area contributed by atoms with Crippen molar-refractivity contribution in [1.29, 1.82) is 0 Å². The Morgan fingerprint density at radius 2 is 1.79 bits per heavy atom. The normalized spacial score (nSPS) is 14.4. The van der Waals surface area contributed by atoms with E-state index in [4.69, 9.17) is 9.72 Å². The highest BCUT2D eigenvalue weighted by Crippen LogP contribution is 2.30. The van der Waals surface area contributed by atoms with E-state index >= 15 is 0 Å². The summed E-state index contributed by atoms with van der Waals surface area (Å²) in [6.45, 7) is 8.95. The Balaban J connectivity index is 1.28. The van der Waals surface area contributed by atoms with E-state index in [-0.39, 0.29) is 11.3 Å². The average Bonchev–Trinajstić information content (AvgIpc) is 3.18. The van der Waals surface area contributed by atoms with Crippen LogP contribution in [0.3, 0.4) is 0 Å². The van der Waals surface area contributed by atoms with Crippen molar-refractivity contribution in [2.75, 3.05) is 30.3 Å². The van der Waals surface area contributed by atoms with E-state index in [1.165, 1.54) is 12.0 Å². The molecule has 1 saturated heterocycles. The molecule has 1 aliphatic rings. The van der Waals surface area contributed by atoms with Gasteiger partial charge in [-0.05, 0) is 67.2 Å². The van der Waals surface area contributed by atoms with Crippen LogP contribution in [-0.4, -0.2) is 45.0 Å². The number of imidazole rings is 1. The Hall–Kier alpha value is -3.91. The van der Waals surface area contributed by atoms with Gasteiger partial charge in [0.05, 0.1) is 17.6 Å². The zero-order valence-electron chi connectivity index (χ0n) is 22.6. The highest BCUT2D eigenvalue weighted by Gasteiger charge is 2.16. The summed E-state index contributed by atoms with van der Waals surface area (Å²) in [6.07, 6.45) is 5.18. The number of benzene rings is 2. The fourth-order valence-corrected chi connectivity index (χ4v) is 4.73. The second-order valence-electron chi connectivity index (χ2n) is 11.0. The minimum Gasteiger partial charge on any atom is -0.457 e. The van der Waals surface area contributed by atoms with Crippen molar-refractivity contribution in [3.63, 3.8) is 0 Å². The summed E-state index contributed by atoms with van der Waals surface area (Å²) in [7, 11) is 1.99. The Bertz CT molecular complexity index is 1430. The number of piperidine rings is 1. The lowest BCUT2D eigenvalue weighted by molar-refractivity contribution is -0.117. The second-order valence-corrected chi connectivity index (χ2v) is 11.0. The number of fused-ring (bicyclic) bond motifs is 1. The largest absolute Gasteiger partial charge is 0.457 e. The molecule has 0 saturated carbocycles. The molecule has 1 amide bonds. The van der Waals surface area contributed by atoms with Crippen molar-refractivity contribution in [3.8, 4) is 11.5 Å². The number of likely N-dealkylation sites (tertiary alicyclic amines) is 1. The molecule has 0 radical (unpaired) electrons. The first-order chi connectivity index (χ1) is 18.2. The fourth-order valence-electron chi connectivity index (χ4n) is 4.73. The Labute approximate surface area is 224 Å². The molecular formula is C30H36N6O2. The van der Waals surface area contributed by atoms with Crippen molar-refractivity contribution < 1.29 is 9.53 Å². The van der Waals surface area contributed by atoms with E-state index in [1.54, 1.807) is 18.3 Å². The van der Waals surface area contributed by atoms with E-state index < -0.39 is 0 Å². The molecule has 0 atom stereocenters. The van der Waals surface area contributed by atoms with Crippen LogP contribution in [0.4, 0.5) is 17.5 Å². The van der Waals surface area contributed by atoms with Gasteiger partial charge in [0.1, 0.15) is 17.3 Å². The molecule has 3 heterocycles. The summed E-state index contributed by atoms with van der Waals surface area (Å²) in [5.74, 6) is 2.44. The molecule has 2 aromatic heterocycles. The van der Waals surface area contributed by atoms with Crippen molar-refractivity contribution in [2.45, 2.75) is 45.4 Å². The first kappa shape index (κ1) is 25.7. The average molecular weight is 513 g/mol. The highest BCUT2D eigenvalue weighted by atomic mass is 16.5. The summed E-state index contributed by atoms with van der Waals surface area (Å²) in [4.78, 5) is 23.8. The first-order valence-electron chi connectivity index (χ1n) is 13.2. The van der Waals surface area contributed by atoms with Gasteiger partial charge in [-0.25, -0.2) is 9.97 Å². The number of pyridine rings is 1. The molecular weight excluding hydrogens is 476 g/mol. The fraction of sp³-hybridized carbons (Fsp3) is 0.367. The summed E-state index contributed by atoms with van der Waals surface area (Å²) < 4.78 is 8.14. The molecule has 1 fully saturated rings. The number of amides is 1. The number of nitrogens with zero attached hydrogens (tertiary/aromatic N) is 4. The smallest absolute Gasteiger partial charge is 0.239 e. The molecule has 38 heavy (non-hydrogen) atoms. The minimum atomic E-state index is -0.0560. The number of carbonyl (C=O) groups is 1. The van der Waals surface area contributed by atoms with Crippen molar-refractivity contribution >= 4 is 34.4 Å². The van der Waals surface area contributed by atoms with Gasteiger partial charge in [0.15, 0.2) is 0 Å². The van der Waals surface area contributed by atoms with Gasteiger partial charge in [0, 0.05) is 31.1 Å². The maximum absolute atomic E-state index is 12.5. The predicted octanol–water partition coefficient (Wildman–Crippen LogP) is 6.23. The lowest BCUT2D eigenvalue weighted by atomic mass is 9.87. The minimum absolute atomic E-state index is 0.0560. The standard InChI is InChI=1S/C30H36N6O2/c1-30(2,3)21-9-8-10-22(17-21)32-29-33-25-18-23(11-12-26(25)35(29)4)38-24-13-14-31-27(19-24)34-28(37)20-36-15-6-5-7-16-36/h8-14,17-19H,5-7,15-16,20H2,1-4H3,(H,32,33)(H,31,34,37). The molecule has 2 N–H and O–H groups in total. The number of aromatic nitrogens is 3. The lowest BCUT2D eigenvalue weighted by Gasteiger charge is -2.25. The van der Waals surface area contributed by atoms with E-state index in [0.29, 0.717) is 23.9 Å². The highest BCUT2D eigenvalue weighted by molar-refractivity contribution is 5.91. The van der Waals surface area contributed by atoms with Gasteiger partial charge >= 0.3 is 0 Å². The number of aryl methyl sites for hydroxylation is 1. The molecule has 2 aromatic carbocycles. The van der Waals surface area contributed by atoms with Crippen LogP contribution in [0.15, 0.2) is 60.8 Å². The maximum atomic E-state index is 12.5. The van der Waals surface area contributed by atoms with Gasteiger partial charge in [0.25, 0.3) is 0 Å². The molecule has 8 heteroatoms. The van der Waals surface area contributed by atoms with Crippen LogP contribution >= 0.6 is 0 Å². The van der Waals surface area contributed by atoms with Gasteiger partial charge < -0.3 is 19.9 Å². The van der Waals surface area contributed by atoms with Gasteiger partial charge in [-0.15, -0.1) is 0 Å². The summed E-state index contributed by atoms with van der Waals surface area (Å²) in [5, 5.41) is 6.35. The number of ether oxygens (including phenoxy) is 1. The van der Waals surface area contributed by atoms with Crippen LogP contribution in [0.25, 0.3) is 11.0 Å². The van der Waals surface area contributed by atoms with E-state index in [1.807, 2.05) is 29.8 Å². The molecule has 8 nitrogen and oxygen atoms in total. The molecule has 1 aliphatic heterocycles. The number of hydrogen-bond acceptors (Lipinski definition) is 6. The molecule has 198 valence electrons. The van der Waals surface area contributed by atoms with Crippen molar-refractivity contribution in [1.82, 2.24) is 19.4 Å². The molecule has 0 aliphatic carbocycles. The van der Waals surface area contributed by atoms with Crippen LogP contribution in [0, 0.1) is 0 Å². The Morgan fingerprint density at radius 3 is 2.58 bits per heavy atom. The molecule has 0 spiro atoms. The van der Waals surface area contributed by atoms with E-state index in [0.717, 1.165) is 48.6 Å². The molecule has 0 unspecified atom stereocenters. The van der Waals surface area contributed by atoms with Crippen molar-refractivity contribution in [3.05, 3.63) is 66.4 Å². The first-order valence-corrected chi connectivity index (χ1v) is 13.2. The molecule has 4 aromatic rings. The molecule has 5 rings (SSSR count). The monoisotopic (exact) mass is 512 g/mol. The third-order valence-electron chi connectivity index (χ3n) is 6.89.